The molecule has 53 heteroatoms. The van der Waals surface area contributed by atoms with Crippen molar-refractivity contribution in [1.29, 1.82) is 0 Å². The maximum atomic E-state index is 0. The largest absolute Gasteiger partial charge is 0.358 e. The fourth-order valence-electron chi connectivity index (χ4n) is 0. The average molecular weight is 9760 g/mol. The van der Waals surface area contributed by atoms with Gasteiger partial charge in [0.15, 0.2) is 0 Å². The van der Waals surface area contributed by atoms with Crippen LogP contribution in [0.3, 0.4) is 0 Å². The Labute approximate surface area is 1090 Å². The van der Waals surface area contributed by atoms with Gasteiger partial charge in [0.05, 0.1) is 0 Å². The van der Waals surface area contributed by atoms with Crippen LogP contribution in [-0.2, 0) is 1120 Å². The van der Waals surface area contributed by atoms with Gasteiger partial charge >= 0.3 is 0 Å². The SMILES string of the molecule is [CH3-].[W].[W].[W].[W].[W].[W].[W].[W].[W].[W].[W].[W].[W].[W].[W].[W].[W].[W].[W].[W].[W].[W].[W].[W].[W].[W].[W].[W].[W].[W].[W].[W].[W].[W].[W].[W].[W].[W].[W].[W].[W].[W].[W].[W].[W].[W].[W].[W].[W].[W].[W].[W].[W]. The van der Waals surface area contributed by atoms with E-state index in [2.05, 4.69) is 0 Å². The van der Waals surface area contributed by atoms with Gasteiger partial charge in [-0.15, -0.1) is 0 Å². The molecule has 0 amide bonds. The molecule has 0 bridgehead atoms. The van der Waals surface area contributed by atoms with Crippen LogP contribution in [0.2, 0.25) is 0 Å². The summed E-state index contributed by atoms with van der Waals surface area (Å²) in [5, 5.41) is 0. The van der Waals surface area contributed by atoms with Crippen LogP contribution in [0.25, 0.3) is 0 Å². The van der Waals surface area contributed by atoms with Gasteiger partial charge in [0.1, 0.15) is 0 Å². The van der Waals surface area contributed by atoms with E-state index in [1.165, 1.54) is 0 Å². The zero-order valence-corrected chi connectivity index (χ0v) is 178. The van der Waals surface area contributed by atoms with Crippen molar-refractivity contribution in [2.75, 3.05) is 0 Å². The summed E-state index contributed by atoms with van der Waals surface area (Å²) in [5.41, 5.74) is 0. The molecule has 0 saturated heterocycles. The molecule has 0 aliphatic heterocycles. The molecule has 0 atom stereocenters. The van der Waals surface area contributed by atoms with E-state index < -0.39 is 0 Å². The first kappa shape index (κ1) is 544. The van der Waals surface area contributed by atoms with Gasteiger partial charge in [-0.3, -0.25) is 0 Å². The van der Waals surface area contributed by atoms with E-state index in [0.717, 1.165) is 0 Å². The number of hydrogen-bond acceptors (Lipinski definition) is 0. The Morgan fingerprint density at radius 2 is 0.0370 bits per heavy atom. The molecular formula is CH3W53-. The molecule has 0 aromatic carbocycles. The van der Waals surface area contributed by atoms with Crippen LogP contribution in [0.5, 0.6) is 0 Å². The van der Waals surface area contributed by atoms with Gasteiger partial charge in [-0.25, -0.2) is 0 Å². The van der Waals surface area contributed by atoms with E-state index in [-0.39, 0.29) is 1120 Å². The van der Waals surface area contributed by atoms with Crippen LogP contribution in [0.1, 0.15) is 0 Å². The predicted octanol–water partition coefficient (Wildman–Crippen LogP) is 0.318. The molecule has 54 heavy (non-hydrogen) atoms. The molecule has 0 spiro atoms. The molecule has 0 aliphatic carbocycles. The summed E-state index contributed by atoms with van der Waals surface area (Å²) in [6, 6.07) is 0. The summed E-state index contributed by atoms with van der Waals surface area (Å²) in [4.78, 5) is 0. The monoisotopic (exact) mass is 9760 g/mol. The van der Waals surface area contributed by atoms with Crippen LogP contribution in [0.15, 0.2) is 0 Å². The summed E-state index contributed by atoms with van der Waals surface area (Å²) < 4.78 is 0. The maximum absolute atomic E-state index is 0. The topological polar surface area (TPSA) is 0 Å². The van der Waals surface area contributed by atoms with E-state index in [0.29, 0.717) is 0 Å². The Kier molecular flexibility index (Phi) is 5310. The van der Waals surface area contributed by atoms with E-state index in [1.54, 1.807) is 0 Å². The molecule has 0 radical (unpaired) electrons. The Morgan fingerprint density at radius 1 is 0.0370 bits per heavy atom. The Morgan fingerprint density at radius 3 is 0.0370 bits per heavy atom. The summed E-state index contributed by atoms with van der Waals surface area (Å²) >= 11 is 0. The quantitative estimate of drug-likeness (QED) is 0.308. The van der Waals surface area contributed by atoms with Crippen molar-refractivity contribution < 1.29 is 1120 Å². The van der Waals surface area contributed by atoms with Gasteiger partial charge in [0, 0.05) is 1120 Å². The van der Waals surface area contributed by atoms with Crippen molar-refractivity contribution >= 4 is 0 Å². The van der Waals surface area contributed by atoms with Crippen molar-refractivity contribution in [3.8, 4) is 0 Å². The van der Waals surface area contributed by atoms with Gasteiger partial charge < -0.3 is 7.43 Å². The van der Waals surface area contributed by atoms with Crippen LogP contribution in [0.4, 0.5) is 0 Å². The van der Waals surface area contributed by atoms with E-state index >= 15 is 0 Å². The first-order chi connectivity index (χ1) is 0. The molecule has 0 N–H and O–H groups in total. The second-order valence-corrected chi connectivity index (χ2v) is 0. The van der Waals surface area contributed by atoms with Gasteiger partial charge in [-0.1, -0.05) is 0 Å². The van der Waals surface area contributed by atoms with Crippen molar-refractivity contribution in [3.63, 3.8) is 0 Å². The Bertz CT molecular complexity index is 7.18. The van der Waals surface area contributed by atoms with Crippen molar-refractivity contribution in [1.82, 2.24) is 0 Å². The molecule has 0 fully saturated rings. The fraction of sp³-hybridized carbons (Fsp3) is 0. The minimum atomic E-state index is 0. The van der Waals surface area contributed by atoms with Gasteiger partial charge in [-0.05, 0) is 0 Å². The number of hydrogen-bond donors (Lipinski definition) is 0. The third-order valence-corrected chi connectivity index (χ3v) is 0. The molecule has 0 aromatic rings. The van der Waals surface area contributed by atoms with Gasteiger partial charge in [0.2, 0.25) is 0 Å². The van der Waals surface area contributed by atoms with E-state index in [9.17, 15) is 0 Å². The normalized spacial score (nSPS) is 0. The van der Waals surface area contributed by atoms with Gasteiger partial charge in [-0.2, -0.15) is 0 Å². The molecule has 326 valence electrons. The maximum Gasteiger partial charge on any atom is 0 e. The van der Waals surface area contributed by atoms with E-state index in [4.69, 9.17) is 0 Å². The molecule has 0 heterocycles. The van der Waals surface area contributed by atoms with Crippen molar-refractivity contribution in [3.05, 3.63) is 7.43 Å². The van der Waals surface area contributed by atoms with Crippen LogP contribution in [-0.4, -0.2) is 0 Å². The van der Waals surface area contributed by atoms with Crippen molar-refractivity contribution in [2.24, 2.45) is 0 Å². The van der Waals surface area contributed by atoms with Crippen LogP contribution >= 0.6 is 0 Å². The minimum absolute atomic E-state index is 0. The third-order valence-electron chi connectivity index (χ3n) is 0. The Hall–Kier alpha value is 36.5. The second kappa shape index (κ2) is 526. The summed E-state index contributed by atoms with van der Waals surface area (Å²) in [7, 11) is 0. The summed E-state index contributed by atoms with van der Waals surface area (Å²) in [6.45, 7) is 0. The standard InChI is InChI=1S/CH3.53W/h1H3;;;;;;;;;;;;;;;;;;;;;;;;;;;;;;;;;;;;;;;;;;;;;;;;;;;;;/q-1;;;;;;;;;;;;;;;;;;;;;;;;;;;;;;;;;;;;;;;;;;;;;;;;;;;;;. The Balaban J connectivity index is 0. The third kappa shape index (κ3) is 509. The molecule has 0 nitrogen and oxygen atoms in total. The minimum Gasteiger partial charge on any atom is -0.358 e. The zero-order chi connectivity index (χ0) is 0. The second-order valence-electron chi connectivity index (χ2n) is 0. The van der Waals surface area contributed by atoms with Crippen LogP contribution < -0.4 is 0 Å². The predicted molar refractivity (Wildman–Crippen MR) is 6.41 cm³/mol. The van der Waals surface area contributed by atoms with E-state index in [1.807, 2.05) is 0 Å². The molecule has 0 saturated carbocycles. The summed E-state index contributed by atoms with van der Waals surface area (Å²) in [5.74, 6) is 0. The average Bonchev–Trinajstić information content (AvgIpc) is 0. The van der Waals surface area contributed by atoms with Crippen LogP contribution in [0, 0.1) is 7.43 Å². The molecule has 0 rings (SSSR count). The van der Waals surface area contributed by atoms with Gasteiger partial charge in [0.25, 0.3) is 0 Å². The smallest absolute Gasteiger partial charge is 0 e. The fourth-order valence-corrected chi connectivity index (χ4v) is 0. The zero-order valence-electron chi connectivity index (χ0n) is 22.6. The van der Waals surface area contributed by atoms with Crippen molar-refractivity contribution in [2.45, 2.75) is 0 Å². The molecule has 0 aliphatic rings. The summed E-state index contributed by atoms with van der Waals surface area (Å²) in [6.07, 6.45) is 0. The molecule has 0 unspecified atom stereocenters. The first-order valence-corrected chi connectivity index (χ1v) is 0. The first-order valence-electron chi connectivity index (χ1n) is 0. The molecule has 0 aromatic heterocycles. The molecular weight excluding hydrogens is 9760 g/mol. The number of rotatable bonds is 0.